The normalized spacial score (nSPS) is 6.55. The lowest BCUT2D eigenvalue weighted by Crippen LogP contribution is -2.03. The fourth-order valence-corrected chi connectivity index (χ4v) is 0.770. The van der Waals surface area contributed by atoms with Crippen LogP contribution in [0.5, 0.6) is 0 Å². The number of aliphatic hydroxyl groups is 2. The largest absolute Gasteiger partial charge is 0.397 e. The minimum Gasteiger partial charge on any atom is -0.394 e. The number of aliphatic hydroxyl groups excluding tert-OH is 2. The van der Waals surface area contributed by atoms with Crippen molar-refractivity contribution < 1.29 is 32.1 Å². The van der Waals surface area contributed by atoms with Gasteiger partial charge in [0.05, 0.1) is 19.8 Å². The summed E-state index contributed by atoms with van der Waals surface area (Å²) in [6.07, 6.45) is 0.569. The van der Waals surface area contributed by atoms with Crippen LogP contribution in [0.3, 0.4) is 0 Å². The Hall–Kier alpha value is -1.81. The van der Waals surface area contributed by atoms with Crippen molar-refractivity contribution in [2.75, 3.05) is 33.0 Å². The standard InChI is InChI=1S/C4H10O.C3H8O4S.C2H6O2.6C2H4/c1-3-5-4-2;1-2-3-7-8(4,5)6;3-1-2-4;6*1-2/h3-4H2,1-2H3;2-3H2,1H3,(H,4,5,6);3-4H,1-2H2;6*1-2H2. The average Bonchev–Trinajstić information content (AvgIpc) is 2.81. The maximum absolute atomic E-state index is 9.72. The molecule has 0 spiro atoms. The summed E-state index contributed by atoms with van der Waals surface area (Å²) in [7, 11) is -4.19. The Morgan fingerprint density at radius 1 is 0.655 bits per heavy atom. The number of ether oxygens (including phenoxy) is 1. The number of hydrogen-bond donors (Lipinski definition) is 3. The molecule has 0 fully saturated rings. The molecule has 0 atom stereocenters. The Morgan fingerprint density at radius 3 is 0.931 bits per heavy atom. The molecule has 29 heavy (non-hydrogen) atoms. The molecule has 0 amide bonds. The van der Waals surface area contributed by atoms with Crippen LogP contribution in [-0.2, 0) is 19.3 Å². The second-order valence-corrected chi connectivity index (χ2v) is 3.57. The number of hydrogen-bond acceptors (Lipinski definition) is 6. The Labute approximate surface area is 182 Å². The molecule has 0 saturated carbocycles. The van der Waals surface area contributed by atoms with E-state index in [0.717, 1.165) is 13.2 Å². The summed E-state index contributed by atoms with van der Waals surface area (Å²) in [6.45, 7) is 43.2. The van der Waals surface area contributed by atoms with E-state index in [1.165, 1.54) is 0 Å². The van der Waals surface area contributed by atoms with Crippen LogP contribution in [0.4, 0.5) is 0 Å². The fourth-order valence-electron chi connectivity index (χ4n) is 0.393. The van der Waals surface area contributed by atoms with E-state index in [1.54, 1.807) is 6.92 Å². The lowest BCUT2D eigenvalue weighted by atomic mass is 10.5. The summed E-state index contributed by atoms with van der Waals surface area (Å²) >= 11 is 0. The average molecular weight is 445 g/mol. The molecule has 0 rings (SSSR count). The molecule has 0 aromatic carbocycles. The molecule has 180 valence electrons. The SMILES string of the molecule is C=C.C=C.C=C.C=C.C=C.C=C.CCCOS(=O)(=O)O.CCOCC.OCCO. The molecule has 7 nitrogen and oxygen atoms in total. The molecule has 8 heteroatoms. The lowest BCUT2D eigenvalue weighted by Gasteiger charge is -1.92. The molecule has 0 aliphatic rings. The molecular weight excluding hydrogens is 396 g/mol. The van der Waals surface area contributed by atoms with Crippen LogP contribution in [0.1, 0.15) is 27.2 Å². The van der Waals surface area contributed by atoms with Crippen molar-refractivity contribution in [2.24, 2.45) is 0 Å². The highest BCUT2D eigenvalue weighted by Gasteiger charge is 1.99. The minimum atomic E-state index is -4.19. The Morgan fingerprint density at radius 2 is 0.897 bits per heavy atom. The summed E-state index contributed by atoms with van der Waals surface area (Å²) < 4.78 is 36.1. The van der Waals surface area contributed by atoms with E-state index in [4.69, 9.17) is 19.5 Å². The molecular formula is C21H48O7S. The van der Waals surface area contributed by atoms with Gasteiger partial charge in [0.1, 0.15) is 0 Å². The zero-order valence-corrected chi connectivity index (χ0v) is 19.9. The maximum Gasteiger partial charge on any atom is 0.397 e. The highest BCUT2D eigenvalue weighted by molar-refractivity contribution is 7.80. The van der Waals surface area contributed by atoms with Crippen molar-refractivity contribution in [1.29, 1.82) is 0 Å². The van der Waals surface area contributed by atoms with Gasteiger partial charge in [-0.25, -0.2) is 4.18 Å². The van der Waals surface area contributed by atoms with Crippen LogP contribution in [0.15, 0.2) is 78.9 Å². The molecule has 0 heterocycles. The van der Waals surface area contributed by atoms with Gasteiger partial charge in [-0.1, -0.05) is 6.92 Å². The van der Waals surface area contributed by atoms with Crippen molar-refractivity contribution in [1.82, 2.24) is 0 Å². The topological polar surface area (TPSA) is 113 Å². The van der Waals surface area contributed by atoms with Crippen LogP contribution in [0.25, 0.3) is 0 Å². The number of rotatable bonds is 6. The Kier molecular flexibility index (Phi) is 217. The predicted molar refractivity (Wildman–Crippen MR) is 132 cm³/mol. The first-order valence-corrected chi connectivity index (χ1v) is 9.67. The predicted octanol–water partition coefficient (Wildman–Crippen LogP) is 5.04. The summed E-state index contributed by atoms with van der Waals surface area (Å²) in [5.74, 6) is 0. The third-order valence-electron chi connectivity index (χ3n) is 0.945. The Bertz CT molecular complexity index is 265. The zero-order valence-electron chi connectivity index (χ0n) is 19.1. The summed E-state index contributed by atoms with van der Waals surface area (Å²) in [5.41, 5.74) is 0. The molecule has 0 aromatic rings. The third-order valence-corrected chi connectivity index (χ3v) is 1.41. The van der Waals surface area contributed by atoms with Gasteiger partial charge in [-0.3, -0.25) is 4.55 Å². The van der Waals surface area contributed by atoms with Gasteiger partial charge in [-0.05, 0) is 20.3 Å². The highest BCUT2D eigenvalue weighted by Crippen LogP contribution is 1.86. The van der Waals surface area contributed by atoms with E-state index in [2.05, 4.69) is 83.1 Å². The fraction of sp³-hybridized carbons (Fsp3) is 0.429. The van der Waals surface area contributed by atoms with Gasteiger partial charge in [-0.2, -0.15) is 8.42 Å². The van der Waals surface area contributed by atoms with E-state index in [1.807, 2.05) is 13.8 Å². The van der Waals surface area contributed by atoms with Gasteiger partial charge in [0.25, 0.3) is 0 Å². The van der Waals surface area contributed by atoms with Crippen molar-refractivity contribution >= 4 is 10.4 Å². The van der Waals surface area contributed by atoms with Crippen LogP contribution in [-0.4, -0.2) is 56.2 Å². The van der Waals surface area contributed by atoms with Crippen LogP contribution >= 0.6 is 0 Å². The monoisotopic (exact) mass is 444 g/mol. The summed E-state index contributed by atoms with van der Waals surface area (Å²) in [6, 6.07) is 0. The van der Waals surface area contributed by atoms with Crippen molar-refractivity contribution in [3.05, 3.63) is 78.9 Å². The van der Waals surface area contributed by atoms with Crippen molar-refractivity contribution in [3.8, 4) is 0 Å². The van der Waals surface area contributed by atoms with Gasteiger partial charge in [0.15, 0.2) is 0 Å². The van der Waals surface area contributed by atoms with Crippen molar-refractivity contribution in [3.63, 3.8) is 0 Å². The molecule has 0 radical (unpaired) electrons. The van der Waals surface area contributed by atoms with Gasteiger partial charge in [0.2, 0.25) is 0 Å². The maximum atomic E-state index is 9.72. The third kappa shape index (κ3) is 400. The quantitative estimate of drug-likeness (QED) is 0.388. The molecule has 3 N–H and O–H groups in total. The molecule has 0 aliphatic heterocycles. The minimum absolute atomic E-state index is 0.0405. The zero-order chi connectivity index (χ0) is 26.2. The Balaban J connectivity index is -0.0000000241. The van der Waals surface area contributed by atoms with E-state index in [-0.39, 0.29) is 19.8 Å². The molecule has 0 unspecified atom stereocenters. The van der Waals surface area contributed by atoms with Crippen LogP contribution < -0.4 is 0 Å². The lowest BCUT2D eigenvalue weighted by molar-refractivity contribution is 0.162. The van der Waals surface area contributed by atoms with Crippen LogP contribution in [0, 0.1) is 0 Å². The van der Waals surface area contributed by atoms with Crippen molar-refractivity contribution in [2.45, 2.75) is 27.2 Å². The first kappa shape index (κ1) is 56.4. The molecule has 0 bridgehead atoms. The second kappa shape index (κ2) is 112. The van der Waals surface area contributed by atoms with Gasteiger partial charge in [-0.15, -0.1) is 78.9 Å². The highest BCUT2D eigenvalue weighted by atomic mass is 32.3. The first-order chi connectivity index (χ1) is 13.9. The van der Waals surface area contributed by atoms with Gasteiger partial charge < -0.3 is 14.9 Å². The van der Waals surface area contributed by atoms with E-state index in [0.29, 0.717) is 6.42 Å². The summed E-state index contributed by atoms with van der Waals surface area (Å²) in [4.78, 5) is 0. The molecule has 0 saturated heterocycles. The van der Waals surface area contributed by atoms with E-state index >= 15 is 0 Å². The second-order valence-electron chi connectivity index (χ2n) is 2.48. The summed E-state index contributed by atoms with van der Waals surface area (Å²) in [5, 5.41) is 15.2. The van der Waals surface area contributed by atoms with Crippen LogP contribution in [0.2, 0.25) is 0 Å². The first-order valence-electron chi connectivity index (χ1n) is 8.30. The molecule has 0 aromatic heterocycles. The molecule has 0 aliphatic carbocycles. The van der Waals surface area contributed by atoms with Gasteiger partial charge >= 0.3 is 10.4 Å². The van der Waals surface area contributed by atoms with E-state index < -0.39 is 10.4 Å². The van der Waals surface area contributed by atoms with Gasteiger partial charge in [0, 0.05) is 13.2 Å². The van der Waals surface area contributed by atoms with E-state index in [9.17, 15) is 8.42 Å². The smallest absolute Gasteiger partial charge is 0.394 e.